The topological polar surface area (TPSA) is 60.4 Å². The number of phenols is 1. The van der Waals surface area contributed by atoms with E-state index in [9.17, 15) is 15.0 Å². The van der Waals surface area contributed by atoms with Crippen LogP contribution in [0.15, 0.2) is 12.1 Å². The van der Waals surface area contributed by atoms with E-state index in [1.54, 1.807) is 12.1 Å². The van der Waals surface area contributed by atoms with Crippen molar-refractivity contribution in [2.45, 2.75) is 12.8 Å². The molecule has 0 amide bonds. The first kappa shape index (κ1) is 12.0. The van der Waals surface area contributed by atoms with Crippen molar-refractivity contribution in [3.8, 4) is 5.75 Å². The molecule has 0 aromatic heterocycles. The summed E-state index contributed by atoms with van der Waals surface area (Å²) in [6.07, 6.45) is 0.450. The first-order valence-corrected chi connectivity index (χ1v) is 6.03. The summed E-state index contributed by atoms with van der Waals surface area (Å²) in [4.78, 5) is 10.2. The first-order chi connectivity index (χ1) is 6.50. The van der Waals surface area contributed by atoms with Crippen molar-refractivity contribution >= 4 is 51.2 Å². The molecule has 1 rings (SSSR count). The molecule has 0 unspecified atom stereocenters. The predicted octanol–water partition coefficient (Wildman–Crippen LogP) is 1.28. The molecule has 0 aliphatic carbocycles. The number of carbonyl (C=O) groups excluding carboxylic acids is 1. The lowest BCUT2D eigenvalue weighted by Crippen LogP contribution is -2.22. The molecule has 1 N–H and O–H groups in total. The summed E-state index contributed by atoms with van der Waals surface area (Å²) in [7, 11) is 0. The molecule has 0 radical (unpaired) electrons. The molecular formula is C9H7I2O3-. The van der Waals surface area contributed by atoms with Crippen LogP contribution in [0.3, 0.4) is 0 Å². The molecule has 76 valence electrons. The van der Waals surface area contributed by atoms with E-state index in [0.29, 0.717) is 6.42 Å². The monoisotopic (exact) mass is 417 g/mol. The number of carboxylic acid groups (broad SMARTS) is 1. The summed E-state index contributed by atoms with van der Waals surface area (Å²) in [5.74, 6) is -0.800. The van der Waals surface area contributed by atoms with Crippen LogP contribution in [0.2, 0.25) is 0 Å². The van der Waals surface area contributed by atoms with Gasteiger partial charge in [-0.1, -0.05) is 0 Å². The summed E-state index contributed by atoms with van der Waals surface area (Å²) in [6, 6.07) is 3.56. The first-order valence-electron chi connectivity index (χ1n) is 3.87. The Labute approximate surface area is 109 Å². The number of carboxylic acids is 1. The smallest absolute Gasteiger partial charge is 0.142 e. The summed E-state index contributed by atoms with van der Waals surface area (Å²) in [5, 5.41) is 19.7. The maximum atomic E-state index is 10.2. The molecule has 3 nitrogen and oxygen atoms in total. The molecular weight excluding hydrogens is 410 g/mol. The summed E-state index contributed by atoms with van der Waals surface area (Å²) >= 11 is 4.03. The van der Waals surface area contributed by atoms with Crippen LogP contribution in [0.4, 0.5) is 0 Å². The SMILES string of the molecule is O=C([O-])CCc1cc(I)c(O)c(I)c1. The fourth-order valence-corrected chi connectivity index (χ4v) is 2.91. The van der Waals surface area contributed by atoms with Crippen molar-refractivity contribution in [2.75, 3.05) is 0 Å². The Morgan fingerprint density at radius 1 is 1.36 bits per heavy atom. The second-order valence-corrected chi connectivity index (χ2v) is 5.10. The number of hydrogen-bond acceptors (Lipinski definition) is 3. The molecule has 5 heteroatoms. The molecule has 0 heterocycles. The van der Waals surface area contributed by atoms with Gasteiger partial charge in [0.1, 0.15) is 5.75 Å². The zero-order chi connectivity index (χ0) is 10.7. The Hall–Kier alpha value is -0.0500. The van der Waals surface area contributed by atoms with E-state index in [1.807, 2.05) is 45.2 Å². The highest BCUT2D eigenvalue weighted by atomic mass is 127. The highest BCUT2D eigenvalue weighted by Crippen LogP contribution is 2.27. The molecule has 0 aliphatic rings. The standard InChI is InChI=1S/C9H8I2O3/c10-6-3-5(1-2-8(12)13)4-7(11)9(6)14/h3-4,14H,1-2H2,(H,12,13)/p-1. The van der Waals surface area contributed by atoms with Gasteiger partial charge in [0.05, 0.1) is 7.14 Å². The Morgan fingerprint density at radius 2 is 1.86 bits per heavy atom. The average Bonchev–Trinajstić information content (AvgIpc) is 2.10. The van der Waals surface area contributed by atoms with Gasteiger partial charge in [0.15, 0.2) is 0 Å². The molecule has 0 fully saturated rings. The van der Waals surface area contributed by atoms with Crippen molar-refractivity contribution in [3.05, 3.63) is 24.8 Å². The lowest BCUT2D eigenvalue weighted by atomic mass is 10.1. The van der Waals surface area contributed by atoms with Crippen LogP contribution in [0.5, 0.6) is 5.75 Å². The number of halogens is 2. The van der Waals surface area contributed by atoms with Crippen LogP contribution in [0, 0.1) is 7.14 Å². The fourth-order valence-electron chi connectivity index (χ4n) is 1.01. The molecule has 0 bridgehead atoms. The van der Waals surface area contributed by atoms with Crippen LogP contribution in [0.1, 0.15) is 12.0 Å². The van der Waals surface area contributed by atoms with Crippen molar-refractivity contribution in [3.63, 3.8) is 0 Å². The molecule has 0 saturated heterocycles. The molecule has 1 aromatic carbocycles. The number of phenolic OH excluding ortho intramolecular Hbond substituents is 1. The Kier molecular flexibility index (Phi) is 4.42. The van der Waals surface area contributed by atoms with E-state index < -0.39 is 5.97 Å². The van der Waals surface area contributed by atoms with Gasteiger partial charge in [-0.05, 0) is 75.7 Å². The van der Waals surface area contributed by atoms with Crippen LogP contribution < -0.4 is 5.11 Å². The maximum Gasteiger partial charge on any atom is 0.142 e. The van der Waals surface area contributed by atoms with Crippen molar-refractivity contribution < 1.29 is 15.0 Å². The van der Waals surface area contributed by atoms with Gasteiger partial charge in [0, 0.05) is 5.97 Å². The highest BCUT2D eigenvalue weighted by molar-refractivity contribution is 14.1. The molecule has 0 spiro atoms. The van der Waals surface area contributed by atoms with Gasteiger partial charge >= 0.3 is 0 Å². The second-order valence-electron chi connectivity index (χ2n) is 2.78. The number of hydrogen-bond donors (Lipinski definition) is 1. The second kappa shape index (κ2) is 5.15. The third kappa shape index (κ3) is 3.26. The van der Waals surface area contributed by atoms with E-state index >= 15 is 0 Å². The van der Waals surface area contributed by atoms with E-state index in [0.717, 1.165) is 12.7 Å². The van der Waals surface area contributed by atoms with Crippen LogP contribution >= 0.6 is 45.2 Å². The maximum absolute atomic E-state index is 10.2. The highest BCUT2D eigenvalue weighted by Gasteiger charge is 2.05. The average molecular weight is 417 g/mol. The summed E-state index contributed by atoms with van der Waals surface area (Å²) < 4.78 is 1.48. The van der Waals surface area contributed by atoms with E-state index in [4.69, 9.17) is 0 Å². The summed E-state index contributed by atoms with van der Waals surface area (Å²) in [5.41, 5.74) is 0.904. The lowest BCUT2D eigenvalue weighted by molar-refractivity contribution is -0.305. The molecule has 1 aromatic rings. The Bertz CT molecular complexity index is 340. The molecule has 14 heavy (non-hydrogen) atoms. The minimum Gasteiger partial charge on any atom is -0.550 e. The Morgan fingerprint density at radius 3 is 2.29 bits per heavy atom. The quantitative estimate of drug-likeness (QED) is 0.755. The number of rotatable bonds is 3. The number of aryl methyl sites for hydroxylation is 1. The molecule has 0 aliphatic heterocycles. The van der Waals surface area contributed by atoms with Gasteiger partial charge in [-0.3, -0.25) is 0 Å². The Balaban J connectivity index is 2.84. The van der Waals surface area contributed by atoms with Gasteiger partial charge < -0.3 is 15.0 Å². The van der Waals surface area contributed by atoms with Crippen molar-refractivity contribution in [1.82, 2.24) is 0 Å². The van der Waals surface area contributed by atoms with Crippen LogP contribution in [0.25, 0.3) is 0 Å². The van der Waals surface area contributed by atoms with Gasteiger partial charge in [-0.15, -0.1) is 0 Å². The predicted molar refractivity (Wildman–Crippen MR) is 66.9 cm³/mol. The van der Waals surface area contributed by atoms with E-state index in [2.05, 4.69) is 0 Å². The van der Waals surface area contributed by atoms with Gasteiger partial charge in [0.25, 0.3) is 0 Å². The minimum absolute atomic E-state index is 0.0108. The zero-order valence-corrected chi connectivity index (χ0v) is 11.4. The number of benzene rings is 1. The summed E-state index contributed by atoms with van der Waals surface area (Å²) in [6.45, 7) is 0. The third-order valence-corrected chi connectivity index (χ3v) is 3.34. The van der Waals surface area contributed by atoms with E-state index in [-0.39, 0.29) is 12.2 Å². The van der Waals surface area contributed by atoms with Crippen LogP contribution in [-0.2, 0) is 11.2 Å². The number of aromatic hydroxyl groups is 1. The number of aliphatic carboxylic acids is 1. The van der Waals surface area contributed by atoms with Crippen molar-refractivity contribution in [1.29, 1.82) is 0 Å². The molecule has 0 atom stereocenters. The van der Waals surface area contributed by atoms with Crippen LogP contribution in [-0.4, -0.2) is 11.1 Å². The normalized spacial score (nSPS) is 10.1. The zero-order valence-electron chi connectivity index (χ0n) is 7.09. The van der Waals surface area contributed by atoms with Gasteiger partial charge in [-0.2, -0.15) is 0 Å². The fraction of sp³-hybridized carbons (Fsp3) is 0.222. The van der Waals surface area contributed by atoms with Gasteiger partial charge in [0.2, 0.25) is 0 Å². The number of carbonyl (C=O) groups is 1. The lowest BCUT2D eigenvalue weighted by Gasteiger charge is -2.06. The van der Waals surface area contributed by atoms with Gasteiger partial charge in [-0.25, -0.2) is 0 Å². The van der Waals surface area contributed by atoms with Crippen molar-refractivity contribution in [2.24, 2.45) is 0 Å². The molecule has 0 saturated carbocycles. The largest absolute Gasteiger partial charge is 0.550 e. The third-order valence-electron chi connectivity index (χ3n) is 1.69. The van der Waals surface area contributed by atoms with E-state index in [1.165, 1.54) is 0 Å². The minimum atomic E-state index is -1.05.